The summed E-state index contributed by atoms with van der Waals surface area (Å²) in [7, 11) is 0. The molecule has 0 aliphatic carbocycles. The summed E-state index contributed by atoms with van der Waals surface area (Å²) in [6.07, 6.45) is 5.14. The van der Waals surface area contributed by atoms with Crippen LogP contribution < -0.4 is 5.32 Å². The van der Waals surface area contributed by atoms with Gasteiger partial charge >= 0.3 is 0 Å². The van der Waals surface area contributed by atoms with Gasteiger partial charge in [-0.1, -0.05) is 0 Å². The van der Waals surface area contributed by atoms with Gasteiger partial charge in [-0.05, 0) is 38.8 Å². The van der Waals surface area contributed by atoms with E-state index in [1.54, 1.807) is 0 Å². The molecule has 0 bridgehead atoms. The molecule has 0 radical (unpaired) electrons. The van der Waals surface area contributed by atoms with E-state index in [9.17, 15) is 4.79 Å². The second-order valence-electron chi connectivity index (χ2n) is 6.08. The molecule has 122 valence electrons. The van der Waals surface area contributed by atoms with Crippen molar-refractivity contribution in [3.8, 4) is 0 Å². The topological polar surface area (TPSA) is 76.0 Å². The van der Waals surface area contributed by atoms with Crippen molar-refractivity contribution in [2.45, 2.75) is 43.8 Å². The molecular weight excluding hydrogens is 270 g/mol. The molecule has 2 heterocycles. The number of rotatable bonds is 7. The first-order chi connectivity index (χ1) is 10.3. The van der Waals surface area contributed by atoms with Crippen LogP contribution in [0.1, 0.15) is 25.7 Å². The summed E-state index contributed by atoms with van der Waals surface area (Å²) >= 11 is 0. The maximum Gasteiger partial charge on any atom is 0.137 e. The highest BCUT2D eigenvalue weighted by molar-refractivity contribution is 5.58. The van der Waals surface area contributed by atoms with Gasteiger partial charge in [-0.25, -0.2) is 0 Å². The summed E-state index contributed by atoms with van der Waals surface area (Å²) in [5.41, 5.74) is 0. The van der Waals surface area contributed by atoms with Crippen LogP contribution in [0.4, 0.5) is 0 Å². The van der Waals surface area contributed by atoms with Gasteiger partial charge < -0.3 is 20.3 Å². The van der Waals surface area contributed by atoms with Crippen LogP contribution in [0, 0.1) is 0 Å². The average Bonchev–Trinajstić information content (AvgIpc) is 2.55. The van der Waals surface area contributed by atoms with E-state index in [4.69, 9.17) is 10.2 Å². The molecule has 2 fully saturated rings. The van der Waals surface area contributed by atoms with E-state index >= 15 is 0 Å². The minimum Gasteiger partial charge on any atom is -0.395 e. The molecule has 0 aromatic carbocycles. The fraction of sp³-hybridized carbons (Fsp3) is 0.933. The second kappa shape index (κ2) is 8.80. The molecule has 6 nitrogen and oxygen atoms in total. The Bertz CT molecular complexity index is 305. The second-order valence-corrected chi connectivity index (χ2v) is 6.08. The normalized spacial score (nSPS) is 28.9. The van der Waals surface area contributed by atoms with E-state index in [-0.39, 0.29) is 25.3 Å². The Labute approximate surface area is 127 Å². The number of piperidine rings is 2. The van der Waals surface area contributed by atoms with Crippen molar-refractivity contribution in [3.63, 3.8) is 0 Å². The van der Waals surface area contributed by atoms with Crippen molar-refractivity contribution in [2.24, 2.45) is 0 Å². The number of hydrogen-bond acceptors (Lipinski definition) is 6. The summed E-state index contributed by atoms with van der Waals surface area (Å²) < 4.78 is 0. The summed E-state index contributed by atoms with van der Waals surface area (Å²) in [5.74, 6) is 0. The molecule has 0 amide bonds. The molecule has 0 aromatic heterocycles. The van der Waals surface area contributed by atoms with Crippen molar-refractivity contribution in [2.75, 3.05) is 45.9 Å². The molecular formula is C15H29N3O3. The standard InChI is InChI=1S/C15H29N3O3/c19-9-7-17(8-10-20)14-3-6-18(15(11-14)12-21)13-1-4-16-5-2-13/h12-16,19-20H,1-11H2/t14?,15-/m1/s1. The maximum atomic E-state index is 11.5. The van der Waals surface area contributed by atoms with Gasteiger partial charge in [0.2, 0.25) is 0 Å². The molecule has 0 spiro atoms. The molecule has 2 aliphatic rings. The highest BCUT2D eigenvalue weighted by Gasteiger charge is 2.35. The van der Waals surface area contributed by atoms with Crippen LogP contribution >= 0.6 is 0 Å². The smallest absolute Gasteiger partial charge is 0.137 e. The Kier molecular flexibility index (Phi) is 7.06. The van der Waals surface area contributed by atoms with Crippen LogP contribution in [0.2, 0.25) is 0 Å². The molecule has 0 saturated carbocycles. The number of aldehydes is 1. The molecule has 2 aliphatic heterocycles. The lowest BCUT2D eigenvalue weighted by Crippen LogP contribution is -2.56. The number of aliphatic hydroxyl groups excluding tert-OH is 2. The Morgan fingerprint density at radius 1 is 1.14 bits per heavy atom. The average molecular weight is 299 g/mol. The summed E-state index contributed by atoms with van der Waals surface area (Å²) in [6, 6.07) is 0.788. The van der Waals surface area contributed by atoms with Gasteiger partial charge in [0.25, 0.3) is 0 Å². The molecule has 2 atom stereocenters. The number of carbonyl (C=O) groups is 1. The fourth-order valence-electron chi connectivity index (χ4n) is 3.79. The fourth-order valence-corrected chi connectivity index (χ4v) is 3.79. The van der Waals surface area contributed by atoms with Gasteiger partial charge in [0.1, 0.15) is 6.29 Å². The van der Waals surface area contributed by atoms with E-state index in [0.717, 1.165) is 51.6 Å². The number of nitrogens with zero attached hydrogens (tertiary/aromatic N) is 2. The Morgan fingerprint density at radius 3 is 2.38 bits per heavy atom. The molecule has 6 heteroatoms. The predicted molar refractivity (Wildman–Crippen MR) is 81.2 cm³/mol. The number of carbonyl (C=O) groups excluding carboxylic acids is 1. The zero-order valence-electron chi connectivity index (χ0n) is 12.8. The maximum absolute atomic E-state index is 11.5. The van der Waals surface area contributed by atoms with Crippen LogP contribution in [0.25, 0.3) is 0 Å². The van der Waals surface area contributed by atoms with E-state index in [1.165, 1.54) is 0 Å². The summed E-state index contributed by atoms with van der Waals surface area (Å²) in [6.45, 7) is 4.36. The number of nitrogens with one attached hydrogen (secondary N) is 1. The zero-order chi connectivity index (χ0) is 15.1. The van der Waals surface area contributed by atoms with Crippen LogP contribution in [0.15, 0.2) is 0 Å². The van der Waals surface area contributed by atoms with Crippen molar-refractivity contribution in [3.05, 3.63) is 0 Å². The Hall–Kier alpha value is -0.530. The first-order valence-electron chi connectivity index (χ1n) is 8.17. The predicted octanol–water partition coefficient (Wildman–Crippen LogP) is -0.943. The lowest BCUT2D eigenvalue weighted by molar-refractivity contribution is -0.116. The van der Waals surface area contributed by atoms with Crippen molar-refractivity contribution in [1.29, 1.82) is 0 Å². The third-order valence-corrected chi connectivity index (χ3v) is 4.89. The minimum absolute atomic E-state index is 0.0215. The van der Waals surface area contributed by atoms with Crippen molar-refractivity contribution in [1.82, 2.24) is 15.1 Å². The first kappa shape index (κ1) is 16.8. The lowest BCUT2D eigenvalue weighted by atomic mass is 9.92. The first-order valence-corrected chi connectivity index (χ1v) is 8.17. The Morgan fingerprint density at radius 2 is 1.81 bits per heavy atom. The third-order valence-electron chi connectivity index (χ3n) is 4.89. The van der Waals surface area contributed by atoms with Crippen molar-refractivity contribution < 1.29 is 15.0 Å². The van der Waals surface area contributed by atoms with Gasteiger partial charge in [-0.2, -0.15) is 0 Å². The van der Waals surface area contributed by atoms with Crippen LogP contribution in [0.5, 0.6) is 0 Å². The molecule has 2 rings (SSSR count). The van der Waals surface area contributed by atoms with E-state index < -0.39 is 0 Å². The number of aliphatic hydroxyl groups is 2. The molecule has 0 aromatic rings. The molecule has 1 unspecified atom stereocenters. The number of hydrogen-bond donors (Lipinski definition) is 3. The third kappa shape index (κ3) is 4.47. The highest BCUT2D eigenvalue weighted by Crippen LogP contribution is 2.25. The number of likely N-dealkylation sites (tertiary alicyclic amines) is 1. The van der Waals surface area contributed by atoms with Gasteiger partial charge in [-0.3, -0.25) is 9.80 Å². The van der Waals surface area contributed by atoms with E-state index in [1.807, 2.05) is 0 Å². The molecule has 2 saturated heterocycles. The van der Waals surface area contributed by atoms with Crippen LogP contribution in [0.3, 0.4) is 0 Å². The monoisotopic (exact) mass is 299 g/mol. The van der Waals surface area contributed by atoms with E-state index in [2.05, 4.69) is 15.1 Å². The summed E-state index contributed by atoms with van der Waals surface area (Å²) in [4.78, 5) is 16.0. The van der Waals surface area contributed by atoms with Gasteiger partial charge in [0.15, 0.2) is 0 Å². The van der Waals surface area contributed by atoms with Crippen LogP contribution in [-0.2, 0) is 4.79 Å². The quantitative estimate of drug-likeness (QED) is 0.527. The van der Waals surface area contributed by atoms with Gasteiger partial charge in [0, 0.05) is 31.7 Å². The van der Waals surface area contributed by atoms with Gasteiger partial charge in [0.05, 0.1) is 19.3 Å². The Balaban J connectivity index is 1.94. The summed E-state index contributed by atoms with van der Waals surface area (Å²) in [5, 5.41) is 21.7. The molecule has 21 heavy (non-hydrogen) atoms. The van der Waals surface area contributed by atoms with Crippen molar-refractivity contribution >= 4 is 6.29 Å². The lowest BCUT2D eigenvalue weighted by Gasteiger charge is -2.45. The zero-order valence-corrected chi connectivity index (χ0v) is 12.8. The SMILES string of the molecule is O=C[C@H]1CC(N(CCO)CCO)CCN1C1CCNCC1. The highest BCUT2D eigenvalue weighted by atomic mass is 16.3. The largest absolute Gasteiger partial charge is 0.395 e. The minimum atomic E-state index is -0.0215. The van der Waals surface area contributed by atoms with Crippen LogP contribution in [-0.4, -0.2) is 90.4 Å². The van der Waals surface area contributed by atoms with Gasteiger partial charge in [-0.15, -0.1) is 0 Å². The molecule has 3 N–H and O–H groups in total. The van der Waals surface area contributed by atoms with E-state index in [0.29, 0.717) is 19.1 Å².